The number of nitro groups is 3. The molecule has 180 valence electrons. The second-order valence-electron chi connectivity index (χ2n) is 7.06. The van der Waals surface area contributed by atoms with Crippen LogP contribution in [0.1, 0.15) is 17.0 Å². The number of carbonyl (C=O) groups is 1. The van der Waals surface area contributed by atoms with Crippen molar-refractivity contribution in [2.45, 2.75) is 20.4 Å². The molecular weight excluding hydrogens is 466 g/mol. The molecule has 0 saturated heterocycles. The third kappa shape index (κ3) is 5.78. The Bertz CT molecular complexity index is 1350. The van der Waals surface area contributed by atoms with E-state index in [1.54, 1.807) is 12.1 Å². The lowest BCUT2D eigenvalue weighted by molar-refractivity contribution is -0.394. The molecular formula is C20H17N7O8. The van der Waals surface area contributed by atoms with Crippen molar-refractivity contribution < 1.29 is 24.3 Å². The number of nitro benzene ring substituents is 2. The van der Waals surface area contributed by atoms with Gasteiger partial charge in [0, 0.05) is 6.07 Å². The van der Waals surface area contributed by atoms with Crippen LogP contribution in [0.25, 0.3) is 0 Å². The molecule has 15 heteroatoms. The number of aryl methyl sites for hydroxylation is 1. The molecule has 3 rings (SSSR count). The minimum Gasteiger partial charge on any atom is -0.450 e. The van der Waals surface area contributed by atoms with E-state index in [0.717, 1.165) is 18.2 Å². The number of amides is 1. The van der Waals surface area contributed by atoms with Crippen LogP contribution >= 0.6 is 0 Å². The molecule has 0 radical (unpaired) electrons. The highest BCUT2D eigenvalue weighted by molar-refractivity contribution is 5.82. The van der Waals surface area contributed by atoms with Crippen LogP contribution < -0.4 is 10.2 Å². The molecule has 2 aromatic carbocycles. The zero-order valence-electron chi connectivity index (χ0n) is 18.3. The van der Waals surface area contributed by atoms with Gasteiger partial charge in [-0.05, 0) is 49.7 Å². The van der Waals surface area contributed by atoms with Crippen molar-refractivity contribution >= 4 is 29.2 Å². The zero-order valence-corrected chi connectivity index (χ0v) is 18.3. The van der Waals surface area contributed by atoms with Gasteiger partial charge in [-0.3, -0.25) is 39.8 Å². The summed E-state index contributed by atoms with van der Waals surface area (Å²) >= 11 is 0. The van der Waals surface area contributed by atoms with Crippen molar-refractivity contribution in [3.8, 4) is 11.5 Å². The van der Waals surface area contributed by atoms with E-state index in [4.69, 9.17) is 4.74 Å². The number of rotatable bonds is 9. The number of benzene rings is 2. The first-order chi connectivity index (χ1) is 16.6. The SMILES string of the molecule is Cc1nn(CC(=O)N/N=C/c2ccc(Oc3ccc([N+](=O)[O-])cc3[N+](=O)[O-])cc2)c(C)c1[N+](=O)[O-]. The lowest BCUT2D eigenvalue weighted by atomic mass is 10.2. The maximum Gasteiger partial charge on any atom is 0.318 e. The first kappa shape index (κ1) is 24.4. The van der Waals surface area contributed by atoms with Crippen molar-refractivity contribution in [2.75, 3.05) is 0 Å². The van der Waals surface area contributed by atoms with Gasteiger partial charge >= 0.3 is 11.4 Å². The van der Waals surface area contributed by atoms with Gasteiger partial charge in [-0.15, -0.1) is 0 Å². The summed E-state index contributed by atoms with van der Waals surface area (Å²) in [6.45, 7) is 2.70. The Balaban J connectivity index is 1.62. The van der Waals surface area contributed by atoms with E-state index in [2.05, 4.69) is 15.6 Å². The molecule has 0 fully saturated rings. The minimum absolute atomic E-state index is 0.150. The van der Waals surface area contributed by atoms with Crippen LogP contribution in [-0.2, 0) is 11.3 Å². The van der Waals surface area contributed by atoms with E-state index < -0.39 is 32.1 Å². The molecule has 0 aliphatic rings. The first-order valence-electron chi connectivity index (χ1n) is 9.78. The van der Waals surface area contributed by atoms with Crippen LogP contribution in [0.4, 0.5) is 17.1 Å². The lowest BCUT2D eigenvalue weighted by Crippen LogP contribution is -2.24. The largest absolute Gasteiger partial charge is 0.450 e. The number of nitrogens with one attached hydrogen (secondary N) is 1. The Morgan fingerprint density at radius 2 is 1.74 bits per heavy atom. The van der Waals surface area contributed by atoms with Crippen LogP contribution in [0.3, 0.4) is 0 Å². The fourth-order valence-electron chi connectivity index (χ4n) is 3.05. The highest BCUT2D eigenvalue weighted by Crippen LogP contribution is 2.34. The molecule has 35 heavy (non-hydrogen) atoms. The zero-order chi connectivity index (χ0) is 25.7. The lowest BCUT2D eigenvalue weighted by Gasteiger charge is -2.06. The predicted molar refractivity (Wildman–Crippen MR) is 120 cm³/mol. The number of nitrogens with zero attached hydrogens (tertiary/aromatic N) is 6. The van der Waals surface area contributed by atoms with E-state index in [1.165, 1.54) is 36.9 Å². The predicted octanol–water partition coefficient (Wildman–Crippen LogP) is 3.17. The van der Waals surface area contributed by atoms with E-state index >= 15 is 0 Å². The van der Waals surface area contributed by atoms with Crippen LogP contribution in [0.2, 0.25) is 0 Å². The van der Waals surface area contributed by atoms with Gasteiger partial charge in [0.05, 0.1) is 27.1 Å². The van der Waals surface area contributed by atoms with Gasteiger partial charge < -0.3 is 4.74 Å². The molecule has 1 heterocycles. The molecule has 0 atom stereocenters. The van der Waals surface area contributed by atoms with Gasteiger partial charge in [-0.25, -0.2) is 5.43 Å². The Hall–Kier alpha value is -5.21. The highest BCUT2D eigenvalue weighted by Gasteiger charge is 2.23. The Labute approximate surface area is 196 Å². The molecule has 0 aliphatic carbocycles. The standard InChI is InChI=1S/C20H17N7O8/c1-12-20(27(33)34)13(2)24(23-12)11-19(28)22-21-10-14-3-6-16(7-4-14)35-18-8-5-15(25(29)30)9-17(18)26(31)32/h3-10H,11H2,1-2H3,(H,22,28)/b21-10+. The smallest absolute Gasteiger partial charge is 0.318 e. The Kier molecular flexibility index (Phi) is 7.09. The second kappa shape index (κ2) is 10.2. The number of aromatic nitrogens is 2. The molecule has 0 bridgehead atoms. The summed E-state index contributed by atoms with van der Waals surface area (Å²) in [7, 11) is 0. The summed E-state index contributed by atoms with van der Waals surface area (Å²) in [4.78, 5) is 43.1. The van der Waals surface area contributed by atoms with Gasteiger partial charge in [0.15, 0.2) is 0 Å². The van der Waals surface area contributed by atoms with Crippen LogP contribution in [-0.4, -0.2) is 36.7 Å². The number of hydrogen-bond donors (Lipinski definition) is 1. The number of hydrazone groups is 1. The molecule has 15 nitrogen and oxygen atoms in total. The van der Waals surface area contributed by atoms with Gasteiger partial charge in [-0.1, -0.05) is 0 Å². The van der Waals surface area contributed by atoms with E-state index in [-0.39, 0.29) is 35.1 Å². The van der Waals surface area contributed by atoms with Gasteiger partial charge in [0.25, 0.3) is 11.6 Å². The normalized spacial score (nSPS) is 10.8. The molecule has 1 aromatic heterocycles. The van der Waals surface area contributed by atoms with Gasteiger partial charge in [0.1, 0.15) is 23.7 Å². The minimum atomic E-state index is -0.781. The third-order valence-corrected chi connectivity index (χ3v) is 4.68. The fourth-order valence-corrected chi connectivity index (χ4v) is 3.05. The fraction of sp³-hybridized carbons (Fsp3) is 0.150. The Morgan fingerprint density at radius 1 is 1.06 bits per heavy atom. The topological polar surface area (TPSA) is 198 Å². The second-order valence-corrected chi connectivity index (χ2v) is 7.06. The number of ether oxygens (including phenoxy) is 1. The maximum absolute atomic E-state index is 12.1. The summed E-state index contributed by atoms with van der Waals surface area (Å²) < 4.78 is 6.68. The van der Waals surface area contributed by atoms with Crippen LogP contribution in [0, 0.1) is 44.2 Å². The monoisotopic (exact) mass is 483 g/mol. The summed E-state index contributed by atoms with van der Waals surface area (Å²) in [5, 5.41) is 40.9. The number of non-ortho nitro benzene ring substituents is 1. The molecule has 1 N–H and O–H groups in total. The highest BCUT2D eigenvalue weighted by atomic mass is 16.6. The van der Waals surface area contributed by atoms with Gasteiger partial charge in [0.2, 0.25) is 5.75 Å². The van der Waals surface area contributed by atoms with Crippen molar-refractivity contribution in [3.05, 3.63) is 89.8 Å². The molecule has 3 aromatic rings. The van der Waals surface area contributed by atoms with Crippen molar-refractivity contribution in [3.63, 3.8) is 0 Å². The van der Waals surface area contributed by atoms with Gasteiger partial charge in [-0.2, -0.15) is 10.2 Å². The molecule has 1 amide bonds. The molecule has 0 aliphatic heterocycles. The number of hydrogen-bond acceptors (Lipinski definition) is 10. The summed E-state index contributed by atoms with van der Waals surface area (Å²) in [6.07, 6.45) is 1.33. The van der Waals surface area contributed by atoms with Crippen molar-refractivity contribution in [1.29, 1.82) is 0 Å². The van der Waals surface area contributed by atoms with Crippen LogP contribution in [0.5, 0.6) is 11.5 Å². The summed E-state index contributed by atoms with van der Waals surface area (Å²) in [5.74, 6) is -0.486. The third-order valence-electron chi connectivity index (χ3n) is 4.68. The maximum atomic E-state index is 12.1. The summed E-state index contributed by atoms with van der Waals surface area (Å²) in [5.41, 5.74) is 2.15. The summed E-state index contributed by atoms with van der Waals surface area (Å²) in [6, 6.07) is 9.14. The molecule has 0 spiro atoms. The Morgan fingerprint density at radius 3 is 2.31 bits per heavy atom. The van der Waals surface area contributed by atoms with Crippen molar-refractivity contribution in [1.82, 2.24) is 15.2 Å². The van der Waals surface area contributed by atoms with E-state index in [1.807, 2.05) is 0 Å². The molecule has 0 unspecified atom stereocenters. The van der Waals surface area contributed by atoms with E-state index in [9.17, 15) is 35.1 Å². The van der Waals surface area contributed by atoms with E-state index in [0.29, 0.717) is 5.56 Å². The quantitative estimate of drug-likeness (QED) is 0.270. The van der Waals surface area contributed by atoms with Crippen LogP contribution in [0.15, 0.2) is 47.6 Å². The van der Waals surface area contributed by atoms with Crippen molar-refractivity contribution in [2.24, 2.45) is 5.10 Å². The number of carbonyl (C=O) groups excluding carboxylic acids is 1. The average molecular weight is 483 g/mol. The average Bonchev–Trinajstić information content (AvgIpc) is 3.07. The first-order valence-corrected chi connectivity index (χ1v) is 9.78. The molecule has 0 saturated carbocycles.